The number of halogens is 3. The van der Waals surface area contributed by atoms with Crippen molar-refractivity contribution in [3.63, 3.8) is 0 Å². The van der Waals surface area contributed by atoms with Crippen LogP contribution in [0.15, 0.2) is 0 Å². The molecular weight excluding hydrogens is 187 g/mol. The summed E-state index contributed by atoms with van der Waals surface area (Å²) in [6.07, 6.45) is -5.92. The van der Waals surface area contributed by atoms with E-state index in [4.69, 9.17) is 0 Å². The first-order chi connectivity index (χ1) is 5.73. The molecule has 0 saturated heterocycles. The van der Waals surface area contributed by atoms with E-state index in [0.717, 1.165) is 6.92 Å². The van der Waals surface area contributed by atoms with Crippen molar-refractivity contribution in [2.45, 2.75) is 39.1 Å². The minimum Gasteiger partial charge on any atom is -0.447 e. The fourth-order valence-corrected chi connectivity index (χ4v) is 0.507. The van der Waals surface area contributed by atoms with Gasteiger partial charge in [-0.25, -0.2) is 4.79 Å². The molecule has 0 aliphatic carbocycles. The van der Waals surface area contributed by atoms with Crippen LogP contribution in [0.1, 0.15) is 20.8 Å². The highest BCUT2D eigenvalue weighted by molar-refractivity contribution is 5.67. The van der Waals surface area contributed by atoms with Crippen molar-refractivity contribution < 1.29 is 22.7 Å². The van der Waals surface area contributed by atoms with Gasteiger partial charge in [0, 0.05) is 0 Å². The van der Waals surface area contributed by atoms with Crippen molar-refractivity contribution in [3.8, 4) is 0 Å². The number of nitrogens with one attached hydrogen (secondary N) is 1. The van der Waals surface area contributed by atoms with Gasteiger partial charge in [-0.2, -0.15) is 13.2 Å². The summed E-state index contributed by atoms with van der Waals surface area (Å²) in [6.45, 7) is 3.96. The van der Waals surface area contributed by atoms with E-state index in [1.54, 1.807) is 19.2 Å². The van der Waals surface area contributed by atoms with Gasteiger partial charge in [0.05, 0.1) is 6.10 Å². The number of carbonyl (C=O) groups is 1. The van der Waals surface area contributed by atoms with Gasteiger partial charge in [0.25, 0.3) is 0 Å². The van der Waals surface area contributed by atoms with Gasteiger partial charge in [-0.05, 0) is 20.8 Å². The second-order valence-electron chi connectivity index (χ2n) is 2.86. The molecule has 0 aromatic carbocycles. The molecule has 0 aliphatic rings. The Bertz CT molecular complexity index is 179. The van der Waals surface area contributed by atoms with Crippen LogP contribution in [0, 0.1) is 0 Å². The number of amides is 1. The topological polar surface area (TPSA) is 38.3 Å². The van der Waals surface area contributed by atoms with Crippen LogP contribution in [0.25, 0.3) is 0 Å². The quantitative estimate of drug-likeness (QED) is 0.739. The second kappa shape index (κ2) is 4.34. The first kappa shape index (κ1) is 12.1. The summed E-state index contributed by atoms with van der Waals surface area (Å²) in [5.74, 6) is 0. The zero-order valence-corrected chi connectivity index (χ0v) is 7.61. The van der Waals surface area contributed by atoms with Crippen molar-refractivity contribution in [1.82, 2.24) is 5.32 Å². The molecule has 0 heterocycles. The van der Waals surface area contributed by atoms with E-state index in [2.05, 4.69) is 4.74 Å². The Hall–Kier alpha value is -0.940. The van der Waals surface area contributed by atoms with Crippen LogP contribution in [0.3, 0.4) is 0 Å². The number of ether oxygens (including phenoxy) is 1. The first-order valence-corrected chi connectivity index (χ1v) is 3.77. The Balaban J connectivity index is 3.93. The molecule has 1 amide bonds. The van der Waals surface area contributed by atoms with Gasteiger partial charge < -0.3 is 10.1 Å². The van der Waals surface area contributed by atoms with Crippen molar-refractivity contribution >= 4 is 6.09 Å². The lowest BCUT2D eigenvalue weighted by Gasteiger charge is -2.17. The predicted octanol–water partition coefficient (Wildman–Crippen LogP) is 2.07. The van der Waals surface area contributed by atoms with Gasteiger partial charge in [-0.15, -0.1) is 0 Å². The summed E-state index contributed by atoms with van der Waals surface area (Å²) in [4.78, 5) is 10.7. The molecular formula is C7H12F3NO2. The van der Waals surface area contributed by atoms with Crippen LogP contribution in [-0.2, 0) is 4.74 Å². The van der Waals surface area contributed by atoms with Gasteiger partial charge in [0.2, 0.25) is 0 Å². The maximum absolute atomic E-state index is 11.9. The number of hydrogen-bond acceptors (Lipinski definition) is 2. The molecule has 0 aromatic rings. The van der Waals surface area contributed by atoms with Crippen LogP contribution < -0.4 is 5.32 Å². The Morgan fingerprint density at radius 2 is 1.77 bits per heavy atom. The van der Waals surface area contributed by atoms with E-state index >= 15 is 0 Å². The molecule has 13 heavy (non-hydrogen) atoms. The normalized spacial score (nSPS) is 14.1. The smallest absolute Gasteiger partial charge is 0.408 e. The summed E-state index contributed by atoms with van der Waals surface area (Å²) in [7, 11) is 0. The molecule has 0 bridgehead atoms. The highest BCUT2D eigenvalue weighted by atomic mass is 19.4. The summed E-state index contributed by atoms with van der Waals surface area (Å²) in [6, 6.07) is -1.89. The predicted molar refractivity (Wildman–Crippen MR) is 40.3 cm³/mol. The maximum atomic E-state index is 11.9. The van der Waals surface area contributed by atoms with Crippen LogP contribution >= 0.6 is 0 Å². The molecule has 0 aromatic heterocycles. The highest BCUT2D eigenvalue weighted by Crippen LogP contribution is 2.19. The molecule has 0 rings (SSSR count). The van der Waals surface area contributed by atoms with Crippen LogP contribution in [0.4, 0.5) is 18.0 Å². The Morgan fingerprint density at radius 1 is 1.31 bits per heavy atom. The molecule has 3 nitrogen and oxygen atoms in total. The van der Waals surface area contributed by atoms with E-state index in [1.807, 2.05) is 0 Å². The van der Waals surface area contributed by atoms with E-state index in [-0.39, 0.29) is 0 Å². The highest BCUT2D eigenvalue weighted by Gasteiger charge is 2.37. The largest absolute Gasteiger partial charge is 0.447 e. The summed E-state index contributed by atoms with van der Waals surface area (Å²) >= 11 is 0. The summed E-state index contributed by atoms with van der Waals surface area (Å²) < 4.78 is 40.1. The Labute approximate surface area is 74.3 Å². The first-order valence-electron chi connectivity index (χ1n) is 3.77. The average Bonchev–Trinajstić information content (AvgIpc) is 1.82. The van der Waals surface area contributed by atoms with E-state index in [9.17, 15) is 18.0 Å². The monoisotopic (exact) mass is 199 g/mol. The molecule has 6 heteroatoms. The zero-order chi connectivity index (χ0) is 10.6. The average molecular weight is 199 g/mol. The number of carbonyl (C=O) groups excluding carboxylic acids is 1. The van der Waals surface area contributed by atoms with E-state index in [1.165, 1.54) is 0 Å². The standard InChI is InChI=1S/C7H12F3NO2/c1-4(2)13-6(12)11-5(3)7(8,9)10/h4-5H,1-3H3,(H,11,12)/t5-/m1/s1. The third kappa shape index (κ3) is 5.32. The molecule has 1 N–H and O–H groups in total. The Kier molecular flexibility index (Phi) is 4.03. The lowest BCUT2D eigenvalue weighted by atomic mass is 10.3. The minimum atomic E-state index is -4.43. The third-order valence-electron chi connectivity index (χ3n) is 1.17. The fraction of sp³-hybridized carbons (Fsp3) is 0.857. The molecule has 0 radical (unpaired) electrons. The van der Waals surface area contributed by atoms with Crippen molar-refractivity contribution in [1.29, 1.82) is 0 Å². The molecule has 78 valence electrons. The fourth-order valence-electron chi connectivity index (χ4n) is 0.507. The molecule has 1 atom stereocenters. The molecule has 0 unspecified atom stereocenters. The van der Waals surface area contributed by atoms with Crippen molar-refractivity contribution in [3.05, 3.63) is 0 Å². The second-order valence-corrected chi connectivity index (χ2v) is 2.86. The summed E-state index contributed by atoms with van der Waals surface area (Å²) in [5.41, 5.74) is 0. The van der Waals surface area contributed by atoms with Crippen LogP contribution in [0.2, 0.25) is 0 Å². The summed E-state index contributed by atoms with van der Waals surface area (Å²) in [5, 5.41) is 1.66. The number of rotatable bonds is 2. The van der Waals surface area contributed by atoms with E-state index in [0.29, 0.717) is 0 Å². The number of alkyl halides is 3. The minimum absolute atomic E-state index is 0.430. The van der Waals surface area contributed by atoms with Crippen molar-refractivity contribution in [2.24, 2.45) is 0 Å². The van der Waals surface area contributed by atoms with Gasteiger partial charge >= 0.3 is 12.3 Å². The molecule has 0 saturated carbocycles. The number of alkyl carbamates (subject to hydrolysis) is 1. The lowest BCUT2D eigenvalue weighted by Crippen LogP contribution is -2.43. The van der Waals surface area contributed by atoms with Gasteiger partial charge in [0.15, 0.2) is 0 Å². The third-order valence-corrected chi connectivity index (χ3v) is 1.17. The molecule has 0 fully saturated rings. The van der Waals surface area contributed by atoms with Crippen LogP contribution in [-0.4, -0.2) is 24.4 Å². The van der Waals surface area contributed by atoms with Gasteiger partial charge in [0.1, 0.15) is 6.04 Å². The number of hydrogen-bond donors (Lipinski definition) is 1. The van der Waals surface area contributed by atoms with Crippen LogP contribution in [0.5, 0.6) is 0 Å². The SMILES string of the molecule is CC(C)OC(=O)N[C@H](C)C(F)(F)F. The molecule has 0 spiro atoms. The zero-order valence-electron chi connectivity index (χ0n) is 7.61. The van der Waals surface area contributed by atoms with E-state index < -0.39 is 24.4 Å². The van der Waals surface area contributed by atoms with Gasteiger partial charge in [-0.1, -0.05) is 0 Å². The maximum Gasteiger partial charge on any atom is 0.408 e. The molecule has 0 aliphatic heterocycles. The van der Waals surface area contributed by atoms with Crippen molar-refractivity contribution in [2.75, 3.05) is 0 Å². The lowest BCUT2D eigenvalue weighted by molar-refractivity contribution is -0.150. The Morgan fingerprint density at radius 3 is 2.08 bits per heavy atom. The van der Waals surface area contributed by atoms with Gasteiger partial charge in [-0.3, -0.25) is 0 Å².